The number of H-pyrrole nitrogens is 1. The summed E-state index contributed by atoms with van der Waals surface area (Å²) < 4.78 is 0. The van der Waals surface area contributed by atoms with Crippen molar-refractivity contribution in [2.45, 2.75) is 13.3 Å². The van der Waals surface area contributed by atoms with Crippen molar-refractivity contribution in [3.05, 3.63) is 144 Å². The first-order chi connectivity index (χ1) is 21.5. The van der Waals surface area contributed by atoms with Crippen molar-refractivity contribution in [2.75, 3.05) is 16.8 Å². The standard InChI is InChI=1S/C37H29N5O2/c1-24-10-9-16-32(38-24)35-40-31-22-23-42(33-17-8-7-15-30(33)34(31)41-35)37(44)26-18-20-27(21-19-26)39-36(43)29-14-6-5-13-28(29)25-11-3-2-4-12-25/h2-21H,22-23H2,1H3,(H,39,43)(H,40,41). The Morgan fingerprint density at radius 3 is 2.27 bits per heavy atom. The number of rotatable bonds is 5. The molecule has 0 fully saturated rings. The van der Waals surface area contributed by atoms with Gasteiger partial charge in [0.05, 0.1) is 17.1 Å². The van der Waals surface area contributed by atoms with Crippen molar-refractivity contribution < 1.29 is 9.59 Å². The van der Waals surface area contributed by atoms with Gasteiger partial charge in [0.25, 0.3) is 11.8 Å². The number of aromatic nitrogens is 3. The van der Waals surface area contributed by atoms with Gasteiger partial charge in [-0.3, -0.25) is 9.59 Å². The van der Waals surface area contributed by atoms with Crippen molar-refractivity contribution in [3.8, 4) is 33.9 Å². The second kappa shape index (κ2) is 11.5. The van der Waals surface area contributed by atoms with Crippen LogP contribution in [0.15, 0.2) is 121 Å². The van der Waals surface area contributed by atoms with Crippen molar-refractivity contribution in [2.24, 2.45) is 0 Å². The van der Waals surface area contributed by atoms with Crippen LogP contribution in [0, 0.1) is 6.92 Å². The largest absolute Gasteiger partial charge is 0.336 e. The van der Waals surface area contributed by atoms with Gasteiger partial charge < -0.3 is 15.2 Å². The molecule has 44 heavy (non-hydrogen) atoms. The zero-order chi connectivity index (χ0) is 30.0. The number of pyridine rings is 1. The zero-order valence-electron chi connectivity index (χ0n) is 24.1. The molecule has 6 aromatic rings. The number of hydrogen-bond donors (Lipinski definition) is 2. The summed E-state index contributed by atoms with van der Waals surface area (Å²) >= 11 is 0. The SMILES string of the molecule is Cc1cccc(-c2nc3c([nH]2)-c2ccccc2N(C(=O)c2ccc(NC(=O)c4ccccc4-c4ccccc4)cc2)CC3)n1. The lowest BCUT2D eigenvalue weighted by Crippen LogP contribution is -2.32. The van der Waals surface area contributed by atoms with Gasteiger partial charge >= 0.3 is 0 Å². The fourth-order valence-electron chi connectivity index (χ4n) is 5.68. The Morgan fingerprint density at radius 1 is 0.750 bits per heavy atom. The number of nitrogens with zero attached hydrogens (tertiary/aromatic N) is 3. The number of benzene rings is 4. The van der Waals surface area contributed by atoms with Crippen molar-refractivity contribution in [1.29, 1.82) is 0 Å². The van der Waals surface area contributed by atoms with E-state index in [9.17, 15) is 9.59 Å². The highest BCUT2D eigenvalue weighted by atomic mass is 16.2. The molecular formula is C37H29N5O2. The van der Waals surface area contributed by atoms with Crippen LogP contribution < -0.4 is 10.2 Å². The van der Waals surface area contributed by atoms with Gasteiger partial charge in [0, 0.05) is 41.0 Å². The number of carbonyl (C=O) groups is 2. The van der Waals surface area contributed by atoms with Gasteiger partial charge in [0.15, 0.2) is 5.82 Å². The molecular weight excluding hydrogens is 546 g/mol. The summed E-state index contributed by atoms with van der Waals surface area (Å²) in [7, 11) is 0. The van der Waals surface area contributed by atoms with Crippen LogP contribution in [0.4, 0.5) is 11.4 Å². The highest BCUT2D eigenvalue weighted by molar-refractivity contribution is 6.10. The summed E-state index contributed by atoms with van der Waals surface area (Å²) in [5.74, 6) is 0.395. The number of nitrogens with one attached hydrogen (secondary N) is 2. The molecule has 0 bridgehead atoms. The summed E-state index contributed by atoms with van der Waals surface area (Å²) in [4.78, 5) is 41.9. The van der Waals surface area contributed by atoms with E-state index in [0.717, 1.165) is 51.0 Å². The third-order valence-corrected chi connectivity index (χ3v) is 7.84. The van der Waals surface area contributed by atoms with Crippen molar-refractivity contribution in [3.63, 3.8) is 0 Å². The first-order valence-electron chi connectivity index (χ1n) is 14.6. The fraction of sp³-hybridized carbons (Fsp3) is 0.0811. The summed E-state index contributed by atoms with van der Waals surface area (Å²) in [6.07, 6.45) is 0.590. The molecule has 0 radical (unpaired) electrons. The lowest BCUT2D eigenvalue weighted by molar-refractivity contribution is 0.0986. The first-order valence-corrected chi connectivity index (χ1v) is 14.6. The Kier molecular flexibility index (Phi) is 7.04. The normalized spacial score (nSPS) is 12.2. The Morgan fingerprint density at radius 2 is 1.48 bits per heavy atom. The third-order valence-electron chi connectivity index (χ3n) is 7.84. The molecule has 7 rings (SSSR count). The predicted molar refractivity (Wildman–Crippen MR) is 174 cm³/mol. The molecule has 0 spiro atoms. The molecule has 3 heterocycles. The Balaban J connectivity index is 1.12. The van der Waals surface area contributed by atoms with Gasteiger partial charge in [-0.05, 0) is 66.6 Å². The number of aryl methyl sites for hydroxylation is 1. The summed E-state index contributed by atoms with van der Waals surface area (Å²) in [5, 5.41) is 2.99. The van der Waals surface area contributed by atoms with Gasteiger partial charge in [0.2, 0.25) is 0 Å². The Labute approximate surface area is 255 Å². The smallest absolute Gasteiger partial charge is 0.258 e. The van der Waals surface area contributed by atoms with Crippen molar-refractivity contribution in [1.82, 2.24) is 15.0 Å². The van der Waals surface area contributed by atoms with E-state index in [1.807, 2.05) is 104 Å². The molecule has 4 aromatic carbocycles. The van der Waals surface area contributed by atoms with Crippen LogP contribution in [0.1, 0.15) is 32.1 Å². The highest BCUT2D eigenvalue weighted by Gasteiger charge is 2.27. The maximum Gasteiger partial charge on any atom is 0.258 e. The van der Waals surface area contributed by atoms with Crippen LogP contribution in [0.5, 0.6) is 0 Å². The van der Waals surface area contributed by atoms with Gasteiger partial charge in [-0.2, -0.15) is 0 Å². The number of anilines is 2. The molecule has 214 valence electrons. The molecule has 1 aliphatic rings. The van der Waals surface area contributed by atoms with E-state index in [2.05, 4.69) is 15.3 Å². The van der Waals surface area contributed by atoms with E-state index in [0.29, 0.717) is 29.8 Å². The molecule has 2 aromatic heterocycles. The van der Waals surface area contributed by atoms with Gasteiger partial charge in [-0.1, -0.05) is 72.8 Å². The number of fused-ring (bicyclic) bond motifs is 3. The average molecular weight is 576 g/mol. The van der Waals surface area contributed by atoms with Gasteiger partial charge in [-0.25, -0.2) is 9.97 Å². The minimum atomic E-state index is -0.209. The molecule has 2 N–H and O–H groups in total. The summed E-state index contributed by atoms with van der Waals surface area (Å²) in [6, 6.07) is 38.2. The number of imidazole rings is 1. The van der Waals surface area contributed by atoms with Gasteiger partial charge in [-0.15, -0.1) is 0 Å². The maximum atomic E-state index is 13.9. The summed E-state index contributed by atoms with van der Waals surface area (Å²) in [6.45, 7) is 2.44. The van der Waals surface area contributed by atoms with Crippen LogP contribution >= 0.6 is 0 Å². The monoisotopic (exact) mass is 575 g/mol. The minimum Gasteiger partial charge on any atom is -0.336 e. The molecule has 7 nitrogen and oxygen atoms in total. The molecule has 0 saturated heterocycles. The lowest BCUT2D eigenvalue weighted by Gasteiger charge is -2.23. The Hall–Kier alpha value is -5.82. The highest BCUT2D eigenvalue weighted by Crippen LogP contribution is 2.37. The molecule has 0 unspecified atom stereocenters. The minimum absolute atomic E-state index is 0.115. The van der Waals surface area contributed by atoms with Crippen LogP contribution in [0.3, 0.4) is 0 Å². The van der Waals surface area contributed by atoms with E-state index in [-0.39, 0.29) is 11.8 Å². The molecule has 1 aliphatic heterocycles. The topological polar surface area (TPSA) is 91.0 Å². The van der Waals surface area contributed by atoms with E-state index in [1.54, 1.807) is 29.2 Å². The van der Waals surface area contributed by atoms with Crippen LogP contribution in [-0.4, -0.2) is 33.3 Å². The molecule has 0 aliphatic carbocycles. The molecule has 0 atom stereocenters. The second-order valence-corrected chi connectivity index (χ2v) is 10.7. The first kappa shape index (κ1) is 27.0. The zero-order valence-corrected chi connectivity index (χ0v) is 24.1. The number of hydrogen-bond acceptors (Lipinski definition) is 4. The van der Waals surface area contributed by atoms with Crippen LogP contribution in [0.25, 0.3) is 33.9 Å². The van der Waals surface area contributed by atoms with E-state index >= 15 is 0 Å². The van der Waals surface area contributed by atoms with Gasteiger partial charge in [0.1, 0.15) is 5.69 Å². The summed E-state index contributed by atoms with van der Waals surface area (Å²) in [5.41, 5.74) is 8.82. The van der Waals surface area contributed by atoms with E-state index in [4.69, 9.17) is 4.98 Å². The van der Waals surface area contributed by atoms with E-state index in [1.165, 1.54) is 0 Å². The maximum absolute atomic E-state index is 13.9. The van der Waals surface area contributed by atoms with Crippen LogP contribution in [-0.2, 0) is 6.42 Å². The predicted octanol–water partition coefficient (Wildman–Crippen LogP) is 7.57. The molecule has 7 heteroatoms. The molecule has 2 amide bonds. The fourth-order valence-corrected chi connectivity index (χ4v) is 5.68. The number of aromatic amines is 1. The van der Waals surface area contributed by atoms with E-state index < -0.39 is 0 Å². The Bertz CT molecular complexity index is 2000. The third kappa shape index (κ3) is 5.16. The second-order valence-electron chi connectivity index (χ2n) is 10.7. The average Bonchev–Trinajstić information content (AvgIpc) is 3.43. The van der Waals surface area contributed by atoms with Crippen molar-refractivity contribution >= 4 is 23.2 Å². The number of para-hydroxylation sites is 1. The molecule has 0 saturated carbocycles. The van der Waals surface area contributed by atoms with Crippen LogP contribution in [0.2, 0.25) is 0 Å². The quantitative estimate of drug-likeness (QED) is 0.222. The number of carbonyl (C=O) groups excluding carboxylic acids is 2. The lowest BCUT2D eigenvalue weighted by atomic mass is 9.99. The number of amides is 2.